The first-order chi connectivity index (χ1) is 35.2. The molecule has 0 fully saturated rings. The van der Waals surface area contributed by atoms with Crippen LogP contribution in [0.15, 0.2) is 213 Å². The molecule has 11 heteroatoms. The van der Waals surface area contributed by atoms with Crippen LogP contribution in [0.25, 0.3) is 105 Å². The van der Waals surface area contributed by atoms with E-state index in [0.29, 0.717) is 28.9 Å². The molecule has 350 valence electrons. The Labute approximate surface area is 447 Å². The molecule has 8 aromatic carbocycles. The summed E-state index contributed by atoms with van der Waals surface area (Å²) in [4.78, 5) is 19.1. The van der Waals surface area contributed by atoms with Gasteiger partial charge in [0, 0.05) is 58.8 Å². The number of fused-ring (bicyclic) bond motifs is 9. The first-order valence-corrected chi connectivity index (χ1v) is 23.2. The molecule has 0 saturated carbocycles. The quantitative estimate of drug-likeness (QED) is 0.134. The molecular formula is C62H35N7O2Pt2. The van der Waals surface area contributed by atoms with E-state index in [1.54, 1.807) is 18.5 Å². The smallest absolute Gasteiger partial charge is 0.509 e. The zero-order valence-corrected chi connectivity index (χ0v) is 42.8. The molecule has 0 aliphatic heterocycles. The third kappa shape index (κ3) is 7.98. The molecular weight excluding hydrogens is 1260 g/mol. The number of aromatic nitrogens is 7. The van der Waals surface area contributed by atoms with Crippen molar-refractivity contribution in [3.05, 3.63) is 237 Å². The van der Waals surface area contributed by atoms with Crippen LogP contribution >= 0.6 is 0 Å². The van der Waals surface area contributed by atoms with Crippen LogP contribution in [-0.2, 0) is 42.1 Å². The van der Waals surface area contributed by atoms with Crippen LogP contribution in [-0.4, -0.2) is 33.6 Å². The molecule has 14 aromatic rings. The molecule has 73 heavy (non-hydrogen) atoms. The van der Waals surface area contributed by atoms with Gasteiger partial charge in [-0.05, 0) is 75.5 Å². The number of rotatable bonds is 9. The molecule has 0 saturated heterocycles. The molecule has 6 aromatic heterocycles. The van der Waals surface area contributed by atoms with Crippen LogP contribution in [0.1, 0.15) is 0 Å². The summed E-state index contributed by atoms with van der Waals surface area (Å²) in [6.45, 7) is 0. The SMILES string of the molecule is [Pt+2].[Pt+2].[c-]1c(Oc2[c-]c3c(cc2)c2ccccc2n3-c2cc(-c3ccccc3)ccn2)ccc2c3ccc(Oc4[c-]c5c(cc4)c4ccccc4n5-c4cc(-c5ccccc5)ccn4)[c-]c3n(-c3ncccn3)c12. The largest absolute Gasteiger partial charge is 2.00 e. The van der Waals surface area contributed by atoms with E-state index in [1.165, 1.54) is 0 Å². The van der Waals surface area contributed by atoms with Crippen LogP contribution in [0.5, 0.6) is 23.0 Å². The van der Waals surface area contributed by atoms with Gasteiger partial charge in [-0.1, -0.05) is 119 Å². The zero-order chi connectivity index (χ0) is 46.8. The summed E-state index contributed by atoms with van der Waals surface area (Å²) in [5, 5.41) is 6.13. The van der Waals surface area contributed by atoms with Gasteiger partial charge in [-0.15, -0.1) is 59.3 Å². The van der Waals surface area contributed by atoms with E-state index < -0.39 is 0 Å². The molecule has 0 amide bonds. The second-order valence-corrected chi connectivity index (χ2v) is 17.2. The van der Waals surface area contributed by atoms with Crippen molar-refractivity contribution in [2.45, 2.75) is 0 Å². The summed E-state index contributed by atoms with van der Waals surface area (Å²) >= 11 is 0. The number of pyridine rings is 2. The Kier molecular flexibility index (Phi) is 11.8. The Morgan fingerprint density at radius 1 is 0.301 bits per heavy atom. The van der Waals surface area contributed by atoms with Crippen LogP contribution in [0.3, 0.4) is 0 Å². The minimum atomic E-state index is 0. The van der Waals surface area contributed by atoms with Gasteiger partial charge in [-0.25, -0.2) is 19.9 Å². The van der Waals surface area contributed by atoms with E-state index in [4.69, 9.17) is 19.4 Å². The summed E-state index contributed by atoms with van der Waals surface area (Å²) in [6.07, 6.45) is 7.16. The van der Waals surface area contributed by atoms with Crippen molar-refractivity contribution in [2.75, 3.05) is 0 Å². The molecule has 0 atom stereocenters. The summed E-state index contributed by atoms with van der Waals surface area (Å²) in [5.74, 6) is 4.09. The number of ether oxygens (including phenoxy) is 2. The Hall–Kier alpha value is -8.48. The van der Waals surface area contributed by atoms with Gasteiger partial charge in [0.15, 0.2) is 0 Å². The maximum Gasteiger partial charge on any atom is 2.00 e. The Balaban J connectivity index is 0.00000271. The Bertz CT molecular complexity index is 4110. The van der Waals surface area contributed by atoms with E-state index >= 15 is 0 Å². The van der Waals surface area contributed by atoms with E-state index in [1.807, 2.05) is 114 Å². The predicted molar refractivity (Wildman–Crippen MR) is 280 cm³/mol. The van der Waals surface area contributed by atoms with Crippen LogP contribution in [0.2, 0.25) is 0 Å². The second kappa shape index (κ2) is 18.9. The molecule has 0 spiro atoms. The molecule has 14 rings (SSSR count). The fraction of sp³-hybridized carbons (Fsp3) is 0. The number of para-hydroxylation sites is 2. The molecule has 0 aliphatic rings. The molecule has 0 aliphatic carbocycles. The van der Waals surface area contributed by atoms with Crippen molar-refractivity contribution >= 4 is 65.4 Å². The normalized spacial score (nSPS) is 11.3. The van der Waals surface area contributed by atoms with E-state index in [0.717, 1.165) is 99.3 Å². The minimum Gasteiger partial charge on any atom is -0.509 e. The van der Waals surface area contributed by atoms with Gasteiger partial charge in [0.1, 0.15) is 11.6 Å². The van der Waals surface area contributed by atoms with Gasteiger partial charge < -0.3 is 23.2 Å². The van der Waals surface area contributed by atoms with Gasteiger partial charge in [-0.2, -0.15) is 35.0 Å². The third-order valence-corrected chi connectivity index (χ3v) is 13.0. The van der Waals surface area contributed by atoms with Crippen molar-refractivity contribution in [3.63, 3.8) is 0 Å². The monoisotopic (exact) mass is 1300 g/mol. The van der Waals surface area contributed by atoms with Crippen LogP contribution in [0, 0.1) is 24.3 Å². The topological polar surface area (TPSA) is 84.8 Å². The van der Waals surface area contributed by atoms with Crippen molar-refractivity contribution in [1.29, 1.82) is 0 Å². The standard InChI is InChI=1S/C62H35N7O2.2Pt/c1-3-12-40(13-4-1)42-28-32-63-60(34-42)67-54-18-9-7-16-48(54)50-24-20-44(36-56(50)67)70-46-22-26-52-53-27-23-47(39-59(53)69(58(52)38-46)62-65-30-11-31-66-62)71-45-21-25-51-49-17-8-10-19-55(49)68(57(51)37-45)61-35-43(29-33-64-61)41-14-5-2-6-15-41;;/h1-35H;;/q-4;2*+2. The molecule has 6 heterocycles. The zero-order valence-electron chi connectivity index (χ0n) is 38.3. The summed E-state index contributed by atoms with van der Waals surface area (Å²) in [5.41, 5.74) is 9.57. The second-order valence-electron chi connectivity index (χ2n) is 17.2. The maximum atomic E-state index is 6.65. The molecule has 0 bridgehead atoms. The third-order valence-electron chi connectivity index (χ3n) is 13.0. The summed E-state index contributed by atoms with van der Waals surface area (Å²) < 4.78 is 19.5. The van der Waals surface area contributed by atoms with Gasteiger partial charge in [0.05, 0.1) is 0 Å². The van der Waals surface area contributed by atoms with Gasteiger partial charge in [-0.3, -0.25) is 0 Å². The van der Waals surface area contributed by atoms with Crippen molar-refractivity contribution in [2.24, 2.45) is 0 Å². The Morgan fingerprint density at radius 2 is 0.671 bits per heavy atom. The van der Waals surface area contributed by atoms with Gasteiger partial charge in [0.25, 0.3) is 0 Å². The van der Waals surface area contributed by atoms with E-state index in [9.17, 15) is 0 Å². The van der Waals surface area contributed by atoms with Crippen molar-refractivity contribution in [3.8, 4) is 62.8 Å². The molecule has 0 radical (unpaired) electrons. The average Bonchev–Trinajstić information content (AvgIpc) is 4.06. The first-order valence-electron chi connectivity index (χ1n) is 23.2. The first kappa shape index (κ1) is 45.6. The Morgan fingerprint density at radius 3 is 1.10 bits per heavy atom. The number of hydrogen-bond acceptors (Lipinski definition) is 6. The fourth-order valence-electron chi connectivity index (χ4n) is 9.83. The fourth-order valence-corrected chi connectivity index (χ4v) is 9.83. The van der Waals surface area contributed by atoms with E-state index in [2.05, 4.69) is 128 Å². The summed E-state index contributed by atoms with van der Waals surface area (Å²) in [6, 6.07) is 77.8. The maximum absolute atomic E-state index is 6.65. The van der Waals surface area contributed by atoms with Crippen molar-refractivity contribution < 1.29 is 51.6 Å². The number of hydrogen-bond donors (Lipinski definition) is 0. The van der Waals surface area contributed by atoms with Crippen LogP contribution < -0.4 is 9.47 Å². The average molecular weight is 1300 g/mol. The van der Waals surface area contributed by atoms with Crippen LogP contribution in [0.4, 0.5) is 0 Å². The number of benzene rings is 8. The predicted octanol–water partition coefficient (Wildman–Crippen LogP) is 14.7. The minimum absolute atomic E-state index is 0. The molecule has 9 nitrogen and oxygen atoms in total. The van der Waals surface area contributed by atoms with E-state index in [-0.39, 0.29) is 42.1 Å². The summed E-state index contributed by atoms with van der Waals surface area (Å²) in [7, 11) is 0. The molecule has 0 unspecified atom stereocenters. The van der Waals surface area contributed by atoms with Gasteiger partial charge >= 0.3 is 42.1 Å². The molecule has 0 N–H and O–H groups in total. The number of nitrogens with zero attached hydrogens (tertiary/aromatic N) is 7. The van der Waals surface area contributed by atoms with Gasteiger partial charge in [0.2, 0.25) is 5.95 Å². The van der Waals surface area contributed by atoms with Crippen molar-refractivity contribution in [1.82, 2.24) is 33.6 Å².